The molecule has 0 aliphatic carbocycles. The van der Waals surface area contributed by atoms with Crippen LogP contribution >= 0.6 is 0 Å². The number of carboxylic acid groups (broad SMARTS) is 1. The standard InChI is InChI=1S/C50H63N9O10/c51-23-5-3-9-40(55-48(66)42(26-31-13-19-35(61)20-14-31)57-45(63)38(53)25-30-11-17-34(60)18-12-30)46(64)58-43(28-33-29-54-39-8-2-1-7-37(33)39)49(67)56-41(10-4-6-24-52)47(65)59-44(50(68)69)27-32-15-21-36(62)22-16-32/h1-2,7-8,11-22,29,38,40-44,54,60-62H,3-6,9-10,23-28,51-53H2,(H,55,66)(H,56,67)(H,57,63)(H,58,64)(H,59,65)(H,68,69)/t38-,40-,41-,42-,43-,44-/m0/s1. The van der Waals surface area contributed by atoms with Crippen LogP contribution in [0.4, 0.5) is 0 Å². The number of nitrogens with two attached hydrogens (primary N) is 3. The van der Waals surface area contributed by atoms with Gasteiger partial charge in [0.05, 0.1) is 6.04 Å². The topological polar surface area (TPSA) is 337 Å². The number of aliphatic carboxylic acids is 1. The van der Waals surface area contributed by atoms with Crippen LogP contribution in [0.25, 0.3) is 10.9 Å². The summed E-state index contributed by atoms with van der Waals surface area (Å²) >= 11 is 0. The first-order valence-corrected chi connectivity index (χ1v) is 22.9. The van der Waals surface area contributed by atoms with Gasteiger partial charge < -0.3 is 69.2 Å². The van der Waals surface area contributed by atoms with Crippen LogP contribution in [0.1, 0.15) is 60.8 Å². The van der Waals surface area contributed by atoms with Crippen molar-refractivity contribution in [3.8, 4) is 17.2 Å². The number of para-hydroxylation sites is 1. The zero-order chi connectivity index (χ0) is 49.9. The second-order valence-electron chi connectivity index (χ2n) is 17.0. The Balaban J connectivity index is 1.41. The van der Waals surface area contributed by atoms with E-state index in [-0.39, 0.29) is 62.3 Å². The highest BCUT2D eigenvalue weighted by Crippen LogP contribution is 2.21. The number of fused-ring (bicyclic) bond motifs is 1. The smallest absolute Gasteiger partial charge is 0.326 e. The van der Waals surface area contributed by atoms with E-state index in [2.05, 4.69) is 31.6 Å². The van der Waals surface area contributed by atoms with Gasteiger partial charge in [0.15, 0.2) is 0 Å². The van der Waals surface area contributed by atoms with Crippen molar-refractivity contribution in [2.75, 3.05) is 13.1 Å². The summed E-state index contributed by atoms with van der Waals surface area (Å²) < 4.78 is 0. The Morgan fingerprint density at radius 3 is 1.35 bits per heavy atom. The van der Waals surface area contributed by atoms with Gasteiger partial charge in [-0.05, 0) is 123 Å². The largest absolute Gasteiger partial charge is 0.508 e. The third-order valence-electron chi connectivity index (χ3n) is 11.6. The summed E-state index contributed by atoms with van der Waals surface area (Å²) in [6.07, 6.45) is 3.46. The van der Waals surface area contributed by atoms with E-state index in [0.29, 0.717) is 54.5 Å². The van der Waals surface area contributed by atoms with Crippen LogP contribution in [-0.2, 0) is 54.5 Å². The van der Waals surface area contributed by atoms with Gasteiger partial charge in [-0.15, -0.1) is 0 Å². The van der Waals surface area contributed by atoms with Crippen molar-refractivity contribution in [2.45, 2.75) is 100 Å². The van der Waals surface area contributed by atoms with Crippen LogP contribution < -0.4 is 43.8 Å². The van der Waals surface area contributed by atoms with Crippen molar-refractivity contribution < 1.29 is 49.2 Å². The summed E-state index contributed by atoms with van der Waals surface area (Å²) in [7, 11) is 0. The Labute approximate surface area is 399 Å². The number of amides is 5. The van der Waals surface area contributed by atoms with Crippen molar-refractivity contribution in [1.82, 2.24) is 31.6 Å². The van der Waals surface area contributed by atoms with E-state index in [1.165, 1.54) is 48.5 Å². The zero-order valence-electron chi connectivity index (χ0n) is 38.2. The lowest BCUT2D eigenvalue weighted by Crippen LogP contribution is -2.60. The fourth-order valence-electron chi connectivity index (χ4n) is 7.74. The lowest BCUT2D eigenvalue weighted by Gasteiger charge is -2.27. The summed E-state index contributed by atoms with van der Waals surface area (Å²) in [6.45, 7) is 0.584. The van der Waals surface area contributed by atoms with Gasteiger partial charge in [-0.25, -0.2) is 4.79 Å². The molecular weight excluding hydrogens is 887 g/mol. The van der Waals surface area contributed by atoms with Gasteiger partial charge >= 0.3 is 5.97 Å². The number of carbonyl (C=O) groups excluding carboxylic acids is 5. The van der Waals surface area contributed by atoms with Gasteiger partial charge in [-0.2, -0.15) is 0 Å². The SMILES string of the molecule is NCCCC[C@H](NC(=O)[C@H](Cc1c[nH]c2ccccc12)NC(=O)[C@H](CCCCN)NC(=O)[C@H](Cc1ccc(O)cc1)NC(=O)[C@@H](N)Cc1ccc(O)cc1)C(=O)N[C@@H](Cc1ccc(O)cc1)C(=O)O. The van der Waals surface area contributed by atoms with E-state index in [1.807, 2.05) is 24.3 Å². The summed E-state index contributed by atoms with van der Waals surface area (Å²) in [5.41, 5.74) is 21.0. The monoisotopic (exact) mass is 949 g/mol. The summed E-state index contributed by atoms with van der Waals surface area (Å²) in [6, 6.07) is 17.8. The van der Waals surface area contributed by atoms with Crippen molar-refractivity contribution in [2.24, 2.45) is 17.2 Å². The minimum Gasteiger partial charge on any atom is -0.508 e. The second kappa shape index (κ2) is 26.2. The first-order valence-electron chi connectivity index (χ1n) is 22.9. The first kappa shape index (κ1) is 52.5. The number of carbonyl (C=O) groups is 6. The molecule has 0 aliphatic heterocycles. The van der Waals surface area contributed by atoms with E-state index < -0.39 is 71.8 Å². The molecule has 4 aromatic carbocycles. The minimum atomic E-state index is -1.40. The number of unbranched alkanes of at least 4 members (excludes halogenated alkanes) is 2. The zero-order valence-corrected chi connectivity index (χ0v) is 38.2. The predicted molar refractivity (Wildman–Crippen MR) is 259 cm³/mol. The van der Waals surface area contributed by atoms with E-state index in [9.17, 15) is 49.2 Å². The number of rotatable bonds is 27. The summed E-state index contributed by atoms with van der Waals surface area (Å²) in [4.78, 5) is 86.4. The number of phenols is 3. The summed E-state index contributed by atoms with van der Waals surface area (Å²) in [5.74, 6) is -5.01. The number of aromatic amines is 1. The molecule has 69 heavy (non-hydrogen) atoms. The fraction of sp³-hybridized carbons (Fsp3) is 0.360. The number of aromatic hydroxyl groups is 3. The quantitative estimate of drug-likeness (QED) is 0.0334. The molecule has 5 aromatic rings. The number of carboxylic acids is 1. The van der Waals surface area contributed by atoms with Gasteiger partial charge in [0.1, 0.15) is 47.5 Å². The van der Waals surface area contributed by atoms with Crippen molar-refractivity contribution >= 4 is 46.4 Å². The molecule has 0 unspecified atom stereocenters. The van der Waals surface area contributed by atoms with Gasteiger partial charge in [0.25, 0.3) is 0 Å². The molecule has 6 atom stereocenters. The molecule has 19 nitrogen and oxygen atoms in total. The highest BCUT2D eigenvalue weighted by molar-refractivity contribution is 5.97. The minimum absolute atomic E-state index is 0.0137. The number of hydrogen-bond donors (Lipinski definition) is 13. The predicted octanol–water partition coefficient (Wildman–Crippen LogP) is 1.65. The second-order valence-corrected chi connectivity index (χ2v) is 17.0. The molecule has 0 saturated carbocycles. The molecule has 0 radical (unpaired) electrons. The molecule has 0 fully saturated rings. The van der Waals surface area contributed by atoms with Gasteiger partial charge in [0.2, 0.25) is 29.5 Å². The molecule has 19 heteroatoms. The fourth-order valence-corrected chi connectivity index (χ4v) is 7.74. The van der Waals surface area contributed by atoms with E-state index >= 15 is 0 Å². The van der Waals surface area contributed by atoms with Gasteiger partial charge in [-0.1, -0.05) is 54.6 Å². The number of benzene rings is 4. The highest BCUT2D eigenvalue weighted by Gasteiger charge is 2.33. The molecule has 0 spiro atoms. The maximum absolute atomic E-state index is 14.5. The highest BCUT2D eigenvalue weighted by atomic mass is 16.4. The summed E-state index contributed by atoms with van der Waals surface area (Å²) in [5, 5.41) is 53.8. The Bertz CT molecular complexity index is 2480. The molecule has 16 N–H and O–H groups in total. The molecule has 0 bridgehead atoms. The normalized spacial score (nSPS) is 13.8. The van der Waals surface area contributed by atoms with Crippen molar-refractivity contribution in [1.29, 1.82) is 0 Å². The van der Waals surface area contributed by atoms with Crippen LogP contribution in [0.5, 0.6) is 17.2 Å². The maximum atomic E-state index is 14.5. The van der Waals surface area contributed by atoms with E-state index in [0.717, 1.165) is 10.9 Å². The lowest BCUT2D eigenvalue weighted by atomic mass is 10.0. The number of aromatic nitrogens is 1. The van der Waals surface area contributed by atoms with Crippen molar-refractivity contribution in [3.05, 3.63) is 126 Å². The molecule has 1 aromatic heterocycles. The molecule has 5 amide bonds. The Morgan fingerprint density at radius 2 is 0.870 bits per heavy atom. The van der Waals surface area contributed by atoms with Crippen LogP contribution in [-0.4, -0.2) is 110 Å². The van der Waals surface area contributed by atoms with Gasteiger partial charge in [0, 0.05) is 36.4 Å². The number of hydrogen-bond acceptors (Lipinski definition) is 12. The van der Waals surface area contributed by atoms with E-state index in [1.54, 1.807) is 30.5 Å². The van der Waals surface area contributed by atoms with Crippen molar-refractivity contribution in [3.63, 3.8) is 0 Å². The van der Waals surface area contributed by atoms with Crippen LogP contribution in [0.2, 0.25) is 0 Å². The van der Waals surface area contributed by atoms with Crippen LogP contribution in [0, 0.1) is 0 Å². The molecule has 0 saturated heterocycles. The maximum Gasteiger partial charge on any atom is 0.326 e. The van der Waals surface area contributed by atoms with Crippen LogP contribution in [0.15, 0.2) is 103 Å². The average Bonchev–Trinajstić information content (AvgIpc) is 3.74. The number of nitrogens with one attached hydrogen (secondary N) is 6. The first-order chi connectivity index (χ1) is 33.1. The number of phenolic OH excluding ortho intramolecular Hbond substituents is 3. The molecule has 0 aliphatic rings. The Morgan fingerprint density at radius 1 is 0.478 bits per heavy atom. The lowest BCUT2D eigenvalue weighted by molar-refractivity contribution is -0.142. The third-order valence-corrected chi connectivity index (χ3v) is 11.6. The average molecular weight is 950 g/mol. The van der Waals surface area contributed by atoms with Crippen LogP contribution in [0.3, 0.4) is 0 Å². The Kier molecular flexibility index (Phi) is 19.9. The van der Waals surface area contributed by atoms with Gasteiger partial charge in [-0.3, -0.25) is 24.0 Å². The molecule has 368 valence electrons. The van der Waals surface area contributed by atoms with E-state index in [4.69, 9.17) is 17.2 Å². The third kappa shape index (κ3) is 16.4. The molecule has 1 heterocycles. The molecular formula is C50H63N9O10. The number of H-pyrrole nitrogens is 1. The molecule has 5 rings (SSSR count). The Hall–Kier alpha value is -7.48.